The normalized spacial score (nSPS) is 13.3. The molecule has 1 aromatic heterocycles. The van der Waals surface area contributed by atoms with Crippen molar-refractivity contribution in [2.45, 2.75) is 25.2 Å². The van der Waals surface area contributed by atoms with Gasteiger partial charge < -0.3 is 10.6 Å². The van der Waals surface area contributed by atoms with Crippen molar-refractivity contribution < 1.29 is 18.0 Å². The summed E-state index contributed by atoms with van der Waals surface area (Å²) < 4.78 is 37.2. The molecule has 4 nitrogen and oxygen atoms in total. The molecule has 0 aromatic carbocycles. The zero-order valence-corrected chi connectivity index (χ0v) is 12.7. The SMILES string of the molecule is CSCC[C@H](N)C(=O)N(C)Cc1nc(C(F)(F)F)cs1. The second-order valence-corrected chi connectivity index (χ2v) is 6.13. The Labute approximate surface area is 123 Å². The van der Waals surface area contributed by atoms with E-state index in [2.05, 4.69) is 4.98 Å². The highest BCUT2D eigenvalue weighted by molar-refractivity contribution is 7.98. The van der Waals surface area contributed by atoms with Crippen molar-refractivity contribution in [3.8, 4) is 0 Å². The molecule has 1 atom stereocenters. The molecule has 0 saturated heterocycles. The van der Waals surface area contributed by atoms with E-state index in [4.69, 9.17) is 5.73 Å². The van der Waals surface area contributed by atoms with Gasteiger partial charge in [-0.1, -0.05) is 0 Å². The third kappa shape index (κ3) is 4.95. The van der Waals surface area contributed by atoms with Gasteiger partial charge in [0.2, 0.25) is 5.91 Å². The summed E-state index contributed by atoms with van der Waals surface area (Å²) >= 11 is 2.46. The van der Waals surface area contributed by atoms with Crippen molar-refractivity contribution in [2.75, 3.05) is 19.1 Å². The van der Waals surface area contributed by atoms with E-state index in [1.165, 1.54) is 11.9 Å². The predicted octanol–water partition coefficient (Wildman–Crippen LogP) is 2.20. The molecule has 20 heavy (non-hydrogen) atoms. The highest BCUT2D eigenvalue weighted by Crippen LogP contribution is 2.30. The van der Waals surface area contributed by atoms with Crippen LogP contribution in [0.4, 0.5) is 13.2 Å². The largest absolute Gasteiger partial charge is 0.434 e. The van der Waals surface area contributed by atoms with Crippen LogP contribution in [0.1, 0.15) is 17.1 Å². The van der Waals surface area contributed by atoms with Crippen molar-refractivity contribution >= 4 is 29.0 Å². The van der Waals surface area contributed by atoms with Crippen LogP contribution in [0.25, 0.3) is 0 Å². The van der Waals surface area contributed by atoms with Gasteiger partial charge in [-0.15, -0.1) is 11.3 Å². The van der Waals surface area contributed by atoms with E-state index in [-0.39, 0.29) is 17.5 Å². The fraction of sp³-hybridized carbons (Fsp3) is 0.636. The number of halogens is 3. The molecule has 0 unspecified atom stereocenters. The van der Waals surface area contributed by atoms with Crippen LogP contribution >= 0.6 is 23.1 Å². The average Bonchev–Trinajstić information content (AvgIpc) is 2.83. The molecule has 9 heteroatoms. The summed E-state index contributed by atoms with van der Waals surface area (Å²) in [4.78, 5) is 16.7. The number of carbonyl (C=O) groups is 1. The number of thioether (sulfide) groups is 1. The van der Waals surface area contributed by atoms with Crippen LogP contribution in [0.5, 0.6) is 0 Å². The van der Waals surface area contributed by atoms with Crippen LogP contribution < -0.4 is 5.73 Å². The minimum atomic E-state index is -4.45. The Hall–Kier alpha value is -0.800. The fourth-order valence-corrected chi connectivity index (χ4v) is 2.79. The van der Waals surface area contributed by atoms with E-state index in [1.54, 1.807) is 11.8 Å². The number of amides is 1. The Morgan fingerprint density at radius 2 is 2.25 bits per heavy atom. The van der Waals surface area contributed by atoms with Crippen LogP contribution in [0.3, 0.4) is 0 Å². The number of likely N-dealkylation sites (N-methyl/N-ethyl adjacent to an activating group) is 1. The molecule has 1 rings (SSSR count). The summed E-state index contributed by atoms with van der Waals surface area (Å²) in [6.07, 6.45) is -2.00. The van der Waals surface area contributed by atoms with Crippen LogP contribution in [-0.2, 0) is 17.5 Å². The number of rotatable bonds is 6. The molecular formula is C11H16F3N3OS2. The molecule has 0 bridgehead atoms. The molecule has 0 radical (unpaired) electrons. The molecular weight excluding hydrogens is 311 g/mol. The Morgan fingerprint density at radius 1 is 1.60 bits per heavy atom. The molecule has 0 aliphatic carbocycles. The maximum atomic E-state index is 12.4. The number of alkyl halides is 3. The van der Waals surface area contributed by atoms with E-state index >= 15 is 0 Å². The number of thiazole rings is 1. The summed E-state index contributed by atoms with van der Waals surface area (Å²) in [7, 11) is 1.51. The summed E-state index contributed by atoms with van der Waals surface area (Å²) in [5.74, 6) is 0.471. The summed E-state index contributed by atoms with van der Waals surface area (Å²) in [6.45, 7) is 0.0343. The maximum Gasteiger partial charge on any atom is 0.434 e. The van der Waals surface area contributed by atoms with Gasteiger partial charge in [-0.05, 0) is 18.4 Å². The van der Waals surface area contributed by atoms with E-state index in [1.807, 2.05) is 6.26 Å². The number of hydrogen-bond acceptors (Lipinski definition) is 5. The van der Waals surface area contributed by atoms with E-state index in [0.717, 1.165) is 22.5 Å². The predicted molar refractivity (Wildman–Crippen MR) is 74.6 cm³/mol. The summed E-state index contributed by atoms with van der Waals surface area (Å²) in [5.41, 5.74) is 4.80. The third-order valence-electron chi connectivity index (χ3n) is 2.54. The van der Waals surface area contributed by atoms with E-state index in [0.29, 0.717) is 6.42 Å². The van der Waals surface area contributed by atoms with Crippen molar-refractivity contribution in [3.05, 3.63) is 16.1 Å². The minimum absolute atomic E-state index is 0.0343. The van der Waals surface area contributed by atoms with Gasteiger partial charge in [0.1, 0.15) is 5.01 Å². The topological polar surface area (TPSA) is 59.2 Å². The lowest BCUT2D eigenvalue weighted by molar-refractivity contribution is -0.140. The van der Waals surface area contributed by atoms with Crippen molar-refractivity contribution in [3.63, 3.8) is 0 Å². The lowest BCUT2D eigenvalue weighted by atomic mass is 10.2. The highest BCUT2D eigenvalue weighted by Gasteiger charge is 2.33. The second-order valence-electron chi connectivity index (χ2n) is 4.21. The van der Waals surface area contributed by atoms with Gasteiger partial charge in [-0.25, -0.2) is 4.98 Å². The maximum absolute atomic E-state index is 12.4. The zero-order chi connectivity index (χ0) is 15.3. The molecule has 0 aliphatic heterocycles. The number of nitrogens with two attached hydrogens (primary N) is 1. The lowest BCUT2D eigenvalue weighted by Crippen LogP contribution is -2.41. The van der Waals surface area contributed by atoms with Gasteiger partial charge in [0.15, 0.2) is 5.69 Å². The Morgan fingerprint density at radius 3 is 2.75 bits per heavy atom. The first kappa shape index (κ1) is 17.3. The number of hydrogen-bond donors (Lipinski definition) is 1. The molecule has 0 fully saturated rings. The minimum Gasteiger partial charge on any atom is -0.338 e. The summed E-state index contributed by atoms with van der Waals surface area (Å²) in [5, 5.41) is 1.19. The van der Waals surface area contributed by atoms with Gasteiger partial charge in [-0.2, -0.15) is 24.9 Å². The number of aromatic nitrogens is 1. The average molecular weight is 327 g/mol. The van der Waals surface area contributed by atoms with Gasteiger partial charge in [0.05, 0.1) is 12.6 Å². The monoisotopic (exact) mass is 327 g/mol. The fourth-order valence-electron chi connectivity index (χ4n) is 1.45. The summed E-state index contributed by atoms with van der Waals surface area (Å²) in [6, 6.07) is -0.630. The Kier molecular flexibility index (Phi) is 6.28. The first-order valence-corrected chi connectivity index (χ1v) is 8.04. The number of nitrogens with zero attached hydrogens (tertiary/aromatic N) is 2. The lowest BCUT2D eigenvalue weighted by Gasteiger charge is -2.20. The standard InChI is InChI=1S/C11H16F3N3OS2/c1-17(10(18)7(15)3-4-19-2)5-9-16-8(6-20-9)11(12,13)14/h6-7H,3-5,15H2,1-2H3/t7-/m0/s1. The molecule has 1 amide bonds. The van der Waals surface area contributed by atoms with E-state index < -0.39 is 17.9 Å². The van der Waals surface area contributed by atoms with Crippen LogP contribution in [0.15, 0.2) is 5.38 Å². The molecule has 1 heterocycles. The molecule has 2 N–H and O–H groups in total. The quantitative estimate of drug-likeness (QED) is 0.870. The molecule has 0 aliphatic rings. The smallest absolute Gasteiger partial charge is 0.338 e. The van der Waals surface area contributed by atoms with Crippen molar-refractivity contribution in [2.24, 2.45) is 5.73 Å². The van der Waals surface area contributed by atoms with Gasteiger partial charge in [0.25, 0.3) is 0 Å². The van der Waals surface area contributed by atoms with Crippen molar-refractivity contribution in [1.82, 2.24) is 9.88 Å². The molecule has 114 valence electrons. The molecule has 1 aromatic rings. The second kappa shape index (κ2) is 7.28. The Balaban J connectivity index is 2.59. The van der Waals surface area contributed by atoms with Gasteiger partial charge in [-0.3, -0.25) is 4.79 Å². The van der Waals surface area contributed by atoms with Crippen LogP contribution in [-0.4, -0.2) is 40.9 Å². The first-order valence-electron chi connectivity index (χ1n) is 5.76. The van der Waals surface area contributed by atoms with Gasteiger partial charge in [0, 0.05) is 12.4 Å². The van der Waals surface area contributed by atoms with Crippen LogP contribution in [0, 0.1) is 0 Å². The van der Waals surface area contributed by atoms with Crippen LogP contribution in [0.2, 0.25) is 0 Å². The zero-order valence-electron chi connectivity index (χ0n) is 11.1. The van der Waals surface area contributed by atoms with Gasteiger partial charge >= 0.3 is 6.18 Å². The van der Waals surface area contributed by atoms with E-state index in [9.17, 15) is 18.0 Å². The van der Waals surface area contributed by atoms with Crippen molar-refractivity contribution in [1.29, 1.82) is 0 Å². The highest BCUT2D eigenvalue weighted by atomic mass is 32.2. The molecule has 0 saturated carbocycles. The first-order chi connectivity index (χ1) is 9.25. The number of carbonyl (C=O) groups excluding carboxylic acids is 1. The Bertz CT molecular complexity index is 450. The molecule has 0 spiro atoms. The third-order valence-corrected chi connectivity index (χ3v) is 4.02.